The zero-order valence-corrected chi connectivity index (χ0v) is 21.4. The molecule has 196 valence electrons. The molecule has 0 saturated heterocycles. The maximum Gasteiger partial charge on any atom is 0.119 e. The highest BCUT2D eigenvalue weighted by molar-refractivity contribution is 5.43. The number of aliphatic hydroxyl groups excluding tert-OH is 1. The minimum absolute atomic E-state index is 0.0410. The molecule has 0 aliphatic heterocycles. The number of fused-ring (bicyclic) bond motifs is 5. The Bertz CT molecular complexity index is 1010. The fraction of sp³-hybridized carbons (Fsp3) is 0.600. The minimum atomic E-state index is -0.226. The molecule has 6 nitrogen and oxygen atoms in total. The number of aromatic hydroxyl groups is 1. The van der Waals surface area contributed by atoms with Gasteiger partial charge in [-0.15, -0.1) is 0 Å². The largest absolute Gasteiger partial charge is 0.508 e. The lowest BCUT2D eigenvalue weighted by Gasteiger charge is -2.54. The molecule has 3 unspecified atom stereocenters. The van der Waals surface area contributed by atoms with Crippen molar-refractivity contribution in [1.82, 2.24) is 0 Å². The van der Waals surface area contributed by atoms with Crippen molar-refractivity contribution >= 4 is 0 Å². The normalized spacial score (nSPS) is 30.9. The van der Waals surface area contributed by atoms with Crippen LogP contribution in [-0.4, -0.2) is 55.9 Å². The Morgan fingerprint density at radius 3 is 2.47 bits per heavy atom. The van der Waals surface area contributed by atoms with E-state index in [1.807, 2.05) is 12.1 Å². The summed E-state index contributed by atoms with van der Waals surface area (Å²) in [6, 6.07) is 14.5. The molecule has 6 atom stereocenters. The highest BCUT2D eigenvalue weighted by atomic mass is 16.5. The van der Waals surface area contributed by atoms with Crippen LogP contribution in [0.3, 0.4) is 0 Å². The van der Waals surface area contributed by atoms with Crippen LogP contribution in [0.2, 0.25) is 0 Å². The average molecular weight is 496 g/mol. The van der Waals surface area contributed by atoms with Gasteiger partial charge in [0.2, 0.25) is 0 Å². The molecule has 6 heteroatoms. The first-order chi connectivity index (χ1) is 17.5. The Hall–Kier alpha value is -2.12. The fourth-order valence-corrected chi connectivity index (χ4v) is 7.43. The van der Waals surface area contributed by atoms with Gasteiger partial charge >= 0.3 is 0 Å². The molecule has 36 heavy (non-hydrogen) atoms. The van der Waals surface area contributed by atoms with Gasteiger partial charge in [-0.2, -0.15) is 0 Å². The molecule has 3 aliphatic rings. The van der Waals surface area contributed by atoms with Gasteiger partial charge in [0, 0.05) is 6.54 Å². The fourth-order valence-electron chi connectivity index (χ4n) is 7.43. The maximum atomic E-state index is 11.0. The molecule has 0 spiro atoms. The summed E-state index contributed by atoms with van der Waals surface area (Å²) in [5, 5.41) is 21.1. The number of hydrogen-bond donors (Lipinski definition) is 3. The minimum Gasteiger partial charge on any atom is -0.508 e. The Balaban J connectivity index is 1.30. The summed E-state index contributed by atoms with van der Waals surface area (Å²) in [4.78, 5) is 0. The molecule has 2 saturated carbocycles. The van der Waals surface area contributed by atoms with Crippen molar-refractivity contribution in [2.45, 2.75) is 57.0 Å². The molecule has 2 fully saturated rings. The highest BCUT2D eigenvalue weighted by Crippen LogP contribution is 2.65. The molecule has 0 heterocycles. The van der Waals surface area contributed by atoms with Gasteiger partial charge in [0.15, 0.2) is 0 Å². The van der Waals surface area contributed by atoms with E-state index < -0.39 is 0 Å². The Morgan fingerprint density at radius 1 is 0.944 bits per heavy atom. The number of phenols is 1. The third-order valence-corrected chi connectivity index (χ3v) is 9.10. The van der Waals surface area contributed by atoms with E-state index in [0.717, 1.165) is 37.9 Å². The van der Waals surface area contributed by atoms with Crippen LogP contribution in [0, 0.1) is 17.3 Å². The molecule has 0 bridgehead atoms. The zero-order valence-electron chi connectivity index (χ0n) is 21.4. The van der Waals surface area contributed by atoms with Crippen molar-refractivity contribution in [3.63, 3.8) is 0 Å². The lowest BCUT2D eigenvalue weighted by Crippen LogP contribution is -2.47. The van der Waals surface area contributed by atoms with Crippen molar-refractivity contribution in [3.8, 4) is 11.5 Å². The molecular formula is C30H41NO5. The number of aryl methyl sites for hydroxylation is 1. The second-order valence-corrected chi connectivity index (χ2v) is 11.1. The third-order valence-electron chi connectivity index (χ3n) is 9.10. The number of phenolic OH excluding ortho intramolecular Hbond substituents is 1. The second kappa shape index (κ2) is 11.1. The predicted octanol–water partition coefficient (Wildman–Crippen LogP) is 4.37. The van der Waals surface area contributed by atoms with Crippen LogP contribution in [0.15, 0.2) is 42.5 Å². The van der Waals surface area contributed by atoms with Gasteiger partial charge in [-0.1, -0.05) is 25.1 Å². The van der Waals surface area contributed by atoms with E-state index in [9.17, 15) is 10.2 Å². The predicted molar refractivity (Wildman–Crippen MR) is 139 cm³/mol. The van der Waals surface area contributed by atoms with Gasteiger partial charge in [-0.05, 0) is 102 Å². The molecule has 2 aromatic rings. The van der Waals surface area contributed by atoms with Gasteiger partial charge in [0.1, 0.15) is 18.1 Å². The summed E-state index contributed by atoms with van der Waals surface area (Å²) in [6.07, 6.45) is 4.92. The summed E-state index contributed by atoms with van der Waals surface area (Å²) in [5.74, 6) is 3.06. The van der Waals surface area contributed by atoms with Gasteiger partial charge in [0.05, 0.1) is 32.5 Å². The first kappa shape index (κ1) is 25.5. The van der Waals surface area contributed by atoms with Crippen LogP contribution in [0.25, 0.3) is 0 Å². The molecule has 5 rings (SSSR count). The van der Waals surface area contributed by atoms with Crippen LogP contribution >= 0.6 is 0 Å². The van der Waals surface area contributed by atoms with E-state index in [0.29, 0.717) is 69.0 Å². The quantitative estimate of drug-likeness (QED) is 0.424. The van der Waals surface area contributed by atoms with Gasteiger partial charge in [0.25, 0.3) is 0 Å². The summed E-state index contributed by atoms with van der Waals surface area (Å²) in [6.45, 7) is 5.50. The molecule has 0 amide bonds. The van der Waals surface area contributed by atoms with E-state index >= 15 is 0 Å². The number of aliphatic hydroxyl groups is 1. The number of rotatable bonds is 10. The molecule has 2 aromatic carbocycles. The number of nitrogens with two attached hydrogens (primary N) is 1. The number of benzene rings is 2. The summed E-state index contributed by atoms with van der Waals surface area (Å²) in [5.41, 5.74) is 9.35. The van der Waals surface area contributed by atoms with E-state index in [4.69, 9.17) is 19.9 Å². The number of ether oxygens (including phenoxy) is 3. The molecule has 0 aromatic heterocycles. The van der Waals surface area contributed by atoms with E-state index in [2.05, 4.69) is 37.3 Å². The molecular weight excluding hydrogens is 454 g/mol. The maximum absolute atomic E-state index is 11.0. The van der Waals surface area contributed by atoms with Crippen molar-refractivity contribution in [2.75, 3.05) is 39.6 Å². The summed E-state index contributed by atoms with van der Waals surface area (Å²) < 4.78 is 16.8. The van der Waals surface area contributed by atoms with E-state index in [1.54, 1.807) is 0 Å². The van der Waals surface area contributed by atoms with Crippen molar-refractivity contribution < 1.29 is 24.4 Å². The smallest absolute Gasteiger partial charge is 0.119 e. The Kier molecular flexibility index (Phi) is 7.87. The standard InChI is InChI=1S/C30H41NO5/c1-30-19-26(20-2-6-23(7-3-20)36-17-16-35-15-14-34-13-12-31)29-24-9-5-22(32)18-21(24)4-8-25(29)27(30)10-11-28(30)33/h2-3,5-7,9,18,25-29,32-33H,4,8,10-17,19,31H2,1H3/t25?,26-,27?,28+,29?,30+/m1/s1. The first-order valence-electron chi connectivity index (χ1n) is 13.6. The molecule has 0 radical (unpaired) electrons. The molecule has 4 N–H and O–H groups in total. The lowest BCUT2D eigenvalue weighted by molar-refractivity contribution is -0.0323. The van der Waals surface area contributed by atoms with Crippen molar-refractivity contribution in [2.24, 2.45) is 23.0 Å². The lowest BCUT2D eigenvalue weighted by atomic mass is 9.51. The zero-order chi connectivity index (χ0) is 25.1. The second-order valence-electron chi connectivity index (χ2n) is 11.1. The monoisotopic (exact) mass is 495 g/mol. The van der Waals surface area contributed by atoms with E-state index in [1.165, 1.54) is 16.7 Å². The summed E-state index contributed by atoms with van der Waals surface area (Å²) in [7, 11) is 0. The first-order valence-corrected chi connectivity index (χ1v) is 13.6. The van der Waals surface area contributed by atoms with Crippen LogP contribution in [0.4, 0.5) is 0 Å². The van der Waals surface area contributed by atoms with Crippen LogP contribution in [-0.2, 0) is 15.9 Å². The van der Waals surface area contributed by atoms with Crippen LogP contribution in [0.1, 0.15) is 61.1 Å². The summed E-state index contributed by atoms with van der Waals surface area (Å²) >= 11 is 0. The average Bonchev–Trinajstić information content (AvgIpc) is 3.19. The van der Waals surface area contributed by atoms with Gasteiger partial charge in [-0.3, -0.25) is 0 Å². The van der Waals surface area contributed by atoms with Crippen molar-refractivity contribution in [1.29, 1.82) is 0 Å². The number of hydrogen-bond acceptors (Lipinski definition) is 6. The molecule has 3 aliphatic carbocycles. The van der Waals surface area contributed by atoms with Crippen LogP contribution in [0.5, 0.6) is 11.5 Å². The SMILES string of the molecule is C[C@]12C[C@H](c3ccc(OCCOCCOCCN)cc3)C3c4ccc(O)cc4CCC3C1CC[C@@H]2O. The van der Waals surface area contributed by atoms with Crippen molar-refractivity contribution in [3.05, 3.63) is 59.2 Å². The topological polar surface area (TPSA) is 94.2 Å². The highest BCUT2D eigenvalue weighted by Gasteiger charge is 2.57. The van der Waals surface area contributed by atoms with Gasteiger partial charge < -0.3 is 30.2 Å². The van der Waals surface area contributed by atoms with Crippen LogP contribution < -0.4 is 10.5 Å². The Labute approximate surface area is 214 Å². The Morgan fingerprint density at radius 2 is 1.69 bits per heavy atom. The van der Waals surface area contributed by atoms with Gasteiger partial charge in [-0.25, -0.2) is 0 Å². The third kappa shape index (κ3) is 5.01. The van der Waals surface area contributed by atoms with E-state index in [-0.39, 0.29) is 11.5 Å².